The Kier molecular flexibility index (Phi) is 4.00. The molecule has 15 heavy (non-hydrogen) atoms. The number of aliphatic hydroxyl groups excluding tert-OH is 4. The van der Waals surface area contributed by atoms with E-state index in [1.54, 1.807) is 6.92 Å². The Hall–Kier alpha value is -0.730. The van der Waals surface area contributed by atoms with Gasteiger partial charge in [-0.3, -0.25) is 4.79 Å². The fourth-order valence-corrected chi connectivity index (χ4v) is 1.44. The number of hydrogen-bond donors (Lipinski definition) is 4. The molecule has 1 fully saturated rings. The van der Waals surface area contributed by atoms with Crippen LogP contribution in [-0.4, -0.2) is 69.1 Å². The van der Waals surface area contributed by atoms with Crippen LogP contribution in [-0.2, 0) is 9.53 Å². The van der Waals surface area contributed by atoms with E-state index in [0.717, 1.165) is 4.90 Å². The van der Waals surface area contributed by atoms with E-state index in [9.17, 15) is 15.0 Å². The number of aliphatic hydroxyl groups is 4. The molecular weight excluding hydrogens is 206 g/mol. The van der Waals surface area contributed by atoms with Crippen molar-refractivity contribution in [3.05, 3.63) is 0 Å². The largest absolute Gasteiger partial charge is 0.387 e. The van der Waals surface area contributed by atoms with Crippen LogP contribution in [0.15, 0.2) is 0 Å². The predicted octanol–water partition coefficient (Wildman–Crippen LogP) is -2.78. The zero-order chi connectivity index (χ0) is 11.6. The Bertz CT molecular complexity index is 225. The molecule has 1 aliphatic rings. The van der Waals surface area contributed by atoms with Gasteiger partial charge in [0.1, 0.15) is 18.3 Å². The summed E-state index contributed by atoms with van der Waals surface area (Å²) in [6.45, 7) is 1.86. The number of rotatable bonds is 4. The van der Waals surface area contributed by atoms with Crippen LogP contribution in [0, 0.1) is 0 Å². The lowest BCUT2D eigenvalue weighted by Gasteiger charge is -2.28. The summed E-state index contributed by atoms with van der Waals surface area (Å²) >= 11 is 0. The molecule has 0 aromatic rings. The summed E-state index contributed by atoms with van der Waals surface area (Å²) in [5.41, 5.74) is 0. The molecule has 0 bridgehead atoms. The predicted molar refractivity (Wildman–Crippen MR) is 47.3 cm³/mol. The molecule has 1 rings (SSSR count). The smallest absolute Gasteiger partial charge is 0.211 e. The molecule has 1 heterocycles. The molecule has 1 saturated heterocycles. The summed E-state index contributed by atoms with van der Waals surface area (Å²) in [6.07, 6.45) is -6.66. The van der Waals surface area contributed by atoms with Crippen LogP contribution in [0.25, 0.3) is 0 Å². The average Bonchev–Trinajstić information content (AvgIpc) is 2.47. The maximum Gasteiger partial charge on any atom is 0.211 e. The Labute approximate surface area is 86.5 Å². The molecule has 5 atom stereocenters. The molecule has 4 N–H and O–H groups in total. The number of amides is 1. The van der Waals surface area contributed by atoms with E-state index in [4.69, 9.17) is 14.9 Å². The Morgan fingerprint density at radius 2 is 2.00 bits per heavy atom. The second-order valence-electron chi connectivity index (χ2n) is 3.32. The first-order valence-electron chi connectivity index (χ1n) is 4.61. The average molecular weight is 221 g/mol. The van der Waals surface area contributed by atoms with Crippen LogP contribution >= 0.6 is 0 Å². The summed E-state index contributed by atoms with van der Waals surface area (Å²) in [7, 11) is 0. The minimum absolute atomic E-state index is 0.226. The normalized spacial score (nSPS) is 37.7. The topological polar surface area (TPSA) is 110 Å². The monoisotopic (exact) mass is 221 g/mol. The van der Waals surface area contributed by atoms with E-state index in [1.807, 2.05) is 0 Å². The van der Waals surface area contributed by atoms with Crippen molar-refractivity contribution in [2.45, 2.75) is 37.8 Å². The van der Waals surface area contributed by atoms with Crippen LogP contribution in [0.1, 0.15) is 6.92 Å². The highest BCUT2D eigenvalue weighted by Crippen LogP contribution is 2.23. The molecule has 1 amide bonds. The van der Waals surface area contributed by atoms with Crippen molar-refractivity contribution >= 4 is 6.41 Å². The highest BCUT2D eigenvalue weighted by Gasteiger charge is 2.46. The summed E-state index contributed by atoms with van der Waals surface area (Å²) in [6, 6.07) is 0. The first kappa shape index (κ1) is 12.3. The third-order valence-corrected chi connectivity index (χ3v) is 2.41. The van der Waals surface area contributed by atoms with E-state index < -0.39 is 30.8 Å². The lowest BCUT2D eigenvalue weighted by Crippen LogP contribution is -2.48. The molecule has 0 aromatic carbocycles. The van der Waals surface area contributed by atoms with Crippen LogP contribution in [0.2, 0.25) is 0 Å². The van der Waals surface area contributed by atoms with Crippen LogP contribution < -0.4 is 0 Å². The van der Waals surface area contributed by atoms with Crippen molar-refractivity contribution in [1.82, 2.24) is 4.90 Å². The van der Waals surface area contributed by atoms with E-state index >= 15 is 0 Å². The zero-order valence-corrected chi connectivity index (χ0v) is 8.22. The van der Waals surface area contributed by atoms with Crippen molar-refractivity contribution in [3.63, 3.8) is 0 Å². The van der Waals surface area contributed by atoms with E-state index in [1.165, 1.54) is 0 Å². The highest BCUT2D eigenvalue weighted by atomic mass is 16.6. The van der Waals surface area contributed by atoms with Crippen molar-refractivity contribution in [2.75, 3.05) is 6.54 Å². The molecule has 0 aliphatic carbocycles. The van der Waals surface area contributed by atoms with Crippen LogP contribution in [0.4, 0.5) is 0 Å². The number of likely N-dealkylation sites (N-methyl/N-ethyl adjacent to an activating group) is 1. The van der Waals surface area contributed by atoms with Gasteiger partial charge in [0.05, 0.1) is 0 Å². The fourth-order valence-electron chi connectivity index (χ4n) is 1.44. The van der Waals surface area contributed by atoms with Gasteiger partial charge in [-0.1, -0.05) is 0 Å². The maximum absolute atomic E-state index is 10.5. The van der Waals surface area contributed by atoms with Gasteiger partial charge in [0.25, 0.3) is 0 Å². The van der Waals surface area contributed by atoms with Crippen molar-refractivity contribution in [1.29, 1.82) is 0 Å². The molecule has 0 spiro atoms. The zero-order valence-electron chi connectivity index (χ0n) is 8.22. The molecule has 2 unspecified atom stereocenters. The van der Waals surface area contributed by atoms with E-state index in [2.05, 4.69) is 0 Å². The molecular formula is C8H15NO6. The highest BCUT2D eigenvalue weighted by molar-refractivity contribution is 5.47. The summed E-state index contributed by atoms with van der Waals surface area (Å²) in [5.74, 6) is 0. The second kappa shape index (κ2) is 4.86. The number of hydrogen-bond acceptors (Lipinski definition) is 6. The molecule has 88 valence electrons. The van der Waals surface area contributed by atoms with Crippen molar-refractivity contribution in [3.8, 4) is 0 Å². The summed E-state index contributed by atoms with van der Waals surface area (Å²) in [5, 5.41) is 37.2. The molecule has 0 aromatic heterocycles. The van der Waals surface area contributed by atoms with Crippen molar-refractivity contribution < 1.29 is 30.0 Å². The van der Waals surface area contributed by atoms with E-state index in [-0.39, 0.29) is 6.54 Å². The third kappa shape index (κ3) is 2.27. The van der Waals surface area contributed by atoms with Gasteiger partial charge >= 0.3 is 0 Å². The number of carbonyl (C=O) groups excluding carboxylic acids is 1. The van der Waals surface area contributed by atoms with Gasteiger partial charge in [-0.2, -0.15) is 0 Å². The molecule has 0 saturated carbocycles. The van der Waals surface area contributed by atoms with Crippen molar-refractivity contribution in [2.24, 2.45) is 0 Å². The number of ether oxygens (including phenoxy) is 1. The fraction of sp³-hybridized carbons (Fsp3) is 0.875. The SMILES string of the molecule is CCN(C=O)C(O)[C@H]1OC(O)[C@H](O)[C@@H]1O. The standard InChI is InChI=1S/C8H15NO6/c1-2-9(3-10)7(13)6-4(11)5(12)8(14)15-6/h3-8,11-14H,2H2,1H3/t4-,5+,6-,7?,8?/m0/s1. The van der Waals surface area contributed by atoms with Gasteiger partial charge in [-0.15, -0.1) is 0 Å². The summed E-state index contributed by atoms with van der Waals surface area (Å²) < 4.78 is 4.74. The van der Waals surface area contributed by atoms with Gasteiger partial charge < -0.3 is 30.1 Å². The van der Waals surface area contributed by atoms with Gasteiger partial charge in [0, 0.05) is 6.54 Å². The molecule has 1 aliphatic heterocycles. The first-order chi connectivity index (χ1) is 7.02. The number of carbonyl (C=O) groups is 1. The minimum atomic E-state index is -1.55. The quantitative estimate of drug-likeness (QED) is 0.302. The van der Waals surface area contributed by atoms with E-state index in [0.29, 0.717) is 6.41 Å². The molecule has 7 nitrogen and oxygen atoms in total. The summed E-state index contributed by atoms with van der Waals surface area (Å²) in [4.78, 5) is 11.5. The Morgan fingerprint density at radius 1 is 1.40 bits per heavy atom. The lowest BCUT2D eigenvalue weighted by atomic mass is 10.1. The van der Waals surface area contributed by atoms with Gasteiger partial charge in [-0.05, 0) is 6.92 Å². The van der Waals surface area contributed by atoms with Gasteiger partial charge in [0.2, 0.25) is 6.41 Å². The third-order valence-electron chi connectivity index (χ3n) is 2.41. The van der Waals surface area contributed by atoms with Gasteiger partial charge in [-0.25, -0.2) is 0 Å². The minimum Gasteiger partial charge on any atom is -0.387 e. The first-order valence-corrected chi connectivity index (χ1v) is 4.61. The lowest BCUT2D eigenvalue weighted by molar-refractivity contribution is -0.174. The number of nitrogens with zero attached hydrogens (tertiary/aromatic N) is 1. The van der Waals surface area contributed by atoms with Gasteiger partial charge in [0.15, 0.2) is 12.5 Å². The molecule has 7 heteroatoms. The van der Waals surface area contributed by atoms with Crippen LogP contribution in [0.5, 0.6) is 0 Å². The molecule has 0 radical (unpaired) electrons. The second-order valence-corrected chi connectivity index (χ2v) is 3.32. The maximum atomic E-state index is 10.5. The Morgan fingerprint density at radius 3 is 2.33 bits per heavy atom. The van der Waals surface area contributed by atoms with Crippen LogP contribution in [0.3, 0.4) is 0 Å². The Balaban J connectivity index is 2.68.